The first-order valence-electron chi connectivity index (χ1n) is 14.2. The fourth-order valence-electron chi connectivity index (χ4n) is 6.02. The summed E-state index contributed by atoms with van der Waals surface area (Å²) in [5, 5.41) is 11.2. The van der Waals surface area contributed by atoms with E-state index in [9.17, 15) is 9.59 Å². The van der Waals surface area contributed by atoms with E-state index in [2.05, 4.69) is 25.5 Å². The lowest BCUT2D eigenvalue weighted by Crippen LogP contribution is -2.56. The molecule has 2 amide bonds. The van der Waals surface area contributed by atoms with Crippen LogP contribution in [0, 0.1) is 5.82 Å². The number of morpholine rings is 1. The van der Waals surface area contributed by atoms with Crippen LogP contribution in [-0.4, -0.2) is 74.8 Å². The molecule has 0 bridgehead atoms. The number of nitrogens with zero attached hydrogens (tertiary/aromatic N) is 5. The van der Waals surface area contributed by atoms with Crippen LogP contribution in [0.3, 0.4) is 0 Å². The molecule has 2 N–H and O–H groups in total. The van der Waals surface area contributed by atoms with Gasteiger partial charge in [-0.25, -0.2) is 14.1 Å². The topological polar surface area (TPSA) is 114 Å². The minimum absolute atomic E-state index is 0.0795. The monoisotopic (exact) mass is 587 g/mol. The van der Waals surface area contributed by atoms with Crippen LogP contribution in [0.25, 0.3) is 27.5 Å². The van der Waals surface area contributed by atoms with E-state index in [1.54, 1.807) is 29.2 Å². The molecule has 1 aromatic carbocycles. The van der Waals surface area contributed by atoms with Crippen LogP contribution in [0.5, 0.6) is 0 Å². The second-order valence-electron chi connectivity index (χ2n) is 10.9. The molecule has 216 valence electrons. The molecule has 0 radical (unpaired) electrons. The Balaban J connectivity index is 1.18. The summed E-state index contributed by atoms with van der Waals surface area (Å²) in [5.41, 5.74) is 4.59. The average Bonchev–Trinajstić information content (AvgIpc) is 3.56. The van der Waals surface area contributed by atoms with Gasteiger partial charge in [-0.3, -0.25) is 19.5 Å². The number of nitrogens with one attached hydrogen (secondary N) is 2. The summed E-state index contributed by atoms with van der Waals surface area (Å²) < 4.78 is 22.9. The van der Waals surface area contributed by atoms with Crippen molar-refractivity contribution in [1.82, 2.24) is 30.0 Å². The number of aryl methyl sites for hydroxylation is 1. The molecule has 1 saturated carbocycles. The van der Waals surface area contributed by atoms with Gasteiger partial charge in [-0.1, -0.05) is 11.3 Å². The van der Waals surface area contributed by atoms with Gasteiger partial charge in [-0.05, 0) is 56.0 Å². The number of fused-ring (bicyclic) bond motifs is 3. The van der Waals surface area contributed by atoms with Gasteiger partial charge in [0.1, 0.15) is 11.5 Å². The molecule has 2 fully saturated rings. The summed E-state index contributed by atoms with van der Waals surface area (Å²) in [6.07, 6.45) is 6.55. The quantitative estimate of drug-likeness (QED) is 0.352. The van der Waals surface area contributed by atoms with Crippen molar-refractivity contribution in [3.05, 3.63) is 65.4 Å². The molecular formula is C30H30FN7O3S. The highest BCUT2D eigenvalue weighted by Crippen LogP contribution is 2.44. The third-order valence-corrected chi connectivity index (χ3v) is 9.19. The number of rotatable bonds is 6. The molecule has 0 spiro atoms. The van der Waals surface area contributed by atoms with Crippen LogP contribution in [-0.2, 0) is 22.4 Å². The molecule has 3 aliphatic rings. The van der Waals surface area contributed by atoms with E-state index in [0.29, 0.717) is 24.0 Å². The Hall–Kier alpha value is -4.00. The number of aromatic nitrogens is 4. The number of halogens is 1. The first-order valence-corrected chi connectivity index (χ1v) is 15.0. The van der Waals surface area contributed by atoms with Crippen molar-refractivity contribution in [2.24, 2.45) is 0 Å². The lowest BCUT2D eigenvalue weighted by Gasteiger charge is -2.44. The molecular weight excluding hydrogens is 557 g/mol. The summed E-state index contributed by atoms with van der Waals surface area (Å²) >= 11 is 1.35. The number of hydrogen-bond acceptors (Lipinski definition) is 8. The van der Waals surface area contributed by atoms with E-state index in [4.69, 9.17) is 9.84 Å². The smallest absolute Gasteiger partial charge is 0.251 e. The number of anilines is 1. The highest BCUT2D eigenvalue weighted by atomic mass is 32.1. The van der Waals surface area contributed by atoms with Crippen LogP contribution in [0.4, 0.5) is 9.52 Å². The van der Waals surface area contributed by atoms with E-state index < -0.39 is 5.82 Å². The Bertz CT molecular complexity index is 1660. The molecule has 3 aromatic heterocycles. The van der Waals surface area contributed by atoms with E-state index in [1.807, 2.05) is 12.1 Å². The molecule has 12 heteroatoms. The first kappa shape index (κ1) is 26.9. The number of benzene rings is 1. The lowest BCUT2D eigenvalue weighted by atomic mass is 9.85. The van der Waals surface area contributed by atoms with Gasteiger partial charge in [0.25, 0.3) is 5.91 Å². The minimum atomic E-state index is -0.552. The fourth-order valence-corrected chi connectivity index (χ4v) is 7.13. The Kier molecular flexibility index (Phi) is 7.04. The van der Waals surface area contributed by atoms with Crippen molar-refractivity contribution in [3.8, 4) is 27.5 Å². The Morgan fingerprint density at radius 2 is 1.98 bits per heavy atom. The average molecular weight is 588 g/mol. The fraction of sp³-hybridized carbons (Fsp3) is 0.367. The molecule has 2 aliphatic carbocycles. The molecule has 1 saturated heterocycles. The van der Waals surface area contributed by atoms with Gasteiger partial charge in [-0.15, -0.1) is 0 Å². The van der Waals surface area contributed by atoms with E-state index in [-0.39, 0.29) is 29.1 Å². The summed E-state index contributed by atoms with van der Waals surface area (Å²) in [6.45, 7) is 4.80. The molecule has 4 aromatic rings. The highest BCUT2D eigenvalue weighted by Gasteiger charge is 2.35. The van der Waals surface area contributed by atoms with Crippen molar-refractivity contribution in [3.63, 3.8) is 0 Å². The number of pyridine rings is 1. The number of hydrogen-bond donors (Lipinski definition) is 2. The third-order valence-electron chi connectivity index (χ3n) is 8.17. The van der Waals surface area contributed by atoms with Gasteiger partial charge in [0.15, 0.2) is 5.13 Å². The molecule has 0 atom stereocenters. The normalized spacial score (nSPS) is 19.9. The van der Waals surface area contributed by atoms with E-state index >= 15 is 4.39 Å². The number of amides is 2. The zero-order chi connectivity index (χ0) is 28.8. The van der Waals surface area contributed by atoms with Crippen LogP contribution in [0.1, 0.15) is 41.4 Å². The van der Waals surface area contributed by atoms with Crippen LogP contribution in [0.2, 0.25) is 0 Å². The van der Waals surface area contributed by atoms with Crippen LogP contribution >= 0.6 is 11.3 Å². The maximum atomic E-state index is 15.8. The van der Waals surface area contributed by atoms with Gasteiger partial charge >= 0.3 is 0 Å². The van der Waals surface area contributed by atoms with Gasteiger partial charge < -0.3 is 15.4 Å². The van der Waals surface area contributed by atoms with E-state index in [1.165, 1.54) is 24.3 Å². The standard InChI is InChI=1S/C30H30FN7O3S/c1-17(39)33-30-35-24-6-5-22-26(19-3-2-8-32-16-19)36-38(27(22)28(24)42-30)25-7-4-18(13-23(25)31)29(40)34-20-14-21(15-20)37-9-11-41-12-10-37/h2-4,7-8,13,16,20-21H,5-6,9-12,14-15H2,1H3,(H,34,40)(H,33,35,39). The van der Waals surface area contributed by atoms with Crippen LogP contribution < -0.4 is 10.6 Å². The number of carbonyl (C=O) groups is 2. The molecule has 10 nitrogen and oxygen atoms in total. The van der Waals surface area contributed by atoms with Crippen molar-refractivity contribution in [1.29, 1.82) is 0 Å². The summed E-state index contributed by atoms with van der Waals surface area (Å²) in [6, 6.07) is 8.83. The summed E-state index contributed by atoms with van der Waals surface area (Å²) in [5.74, 6) is -1.04. The number of thiazole rings is 1. The zero-order valence-electron chi connectivity index (χ0n) is 23.1. The van der Waals surface area contributed by atoms with Gasteiger partial charge in [-0.2, -0.15) is 5.10 Å². The molecule has 1 aliphatic heterocycles. The summed E-state index contributed by atoms with van der Waals surface area (Å²) in [7, 11) is 0. The highest BCUT2D eigenvalue weighted by molar-refractivity contribution is 7.19. The Morgan fingerprint density at radius 1 is 1.14 bits per heavy atom. The largest absolute Gasteiger partial charge is 0.379 e. The zero-order valence-corrected chi connectivity index (χ0v) is 23.9. The van der Waals surface area contributed by atoms with Crippen molar-refractivity contribution in [2.45, 2.75) is 44.7 Å². The maximum Gasteiger partial charge on any atom is 0.251 e. The molecule has 4 heterocycles. The van der Waals surface area contributed by atoms with Crippen molar-refractivity contribution < 1.29 is 18.7 Å². The second kappa shape index (κ2) is 11.0. The van der Waals surface area contributed by atoms with Gasteiger partial charge in [0.2, 0.25) is 5.91 Å². The van der Waals surface area contributed by atoms with Gasteiger partial charge in [0, 0.05) is 61.2 Å². The number of ether oxygens (including phenoxy) is 1. The minimum Gasteiger partial charge on any atom is -0.379 e. The van der Waals surface area contributed by atoms with Crippen molar-refractivity contribution >= 4 is 28.3 Å². The van der Waals surface area contributed by atoms with Crippen LogP contribution in [0.15, 0.2) is 42.7 Å². The Labute approximate surface area is 245 Å². The SMILES string of the molecule is CC(=O)Nc1nc2c(s1)-c1c(c(-c3cccnc3)nn1-c1ccc(C(=O)NC3CC(N4CCOCC4)C3)cc1F)CC2. The predicted octanol–water partition coefficient (Wildman–Crippen LogP) is 3.85. The van der Waals surface area contributed by atoms with Crippen molar-refractivity contribution in [2.75, 3.05) is 31.6 Å². The predicted molar refractivity (Wildman–Crippen MR) is 156 cm³/mol. The van der Waals surface area contributed by atoms with E-state index in [0.717, 1.165) is 72.2 Å². The molecule has 7 rings (SSSR count). The Morgan fingerprint density at radius 3 is 2.71 bits per heavy atom. The number of carbonyl (C=O) groups excluding carboxylic acids is 2. The second-order valence-corrected chi connectivity index (χ2v) is 11.9. The third kappa shape index (κ3) is 4.99. The summed E-state index contributed by atoms with van der Waals surface area (Å²) in [4.78, 5) is 36.9. The lowest BCUT2D eigenvalue weighted by molar-refractivity contribution is -0.114. The molecule has 0 unspecified atom stereocenters. The molecule has 42 heavy (non-hydrogen) atoms. The maximum absolute atomic E-state index is 15.8. The van der Waals surface area contributed by atoms with Gasteiger partial charge in [0.05, 0.1) is 35.2 Å². The first-order chi connectivity index (χ1) is 20.4.